The summed E-state index contributed by atoms with van der Waals surface area (Å²) in [6.45, 7) is 3.97. The summed E-state index contributed by atoms with van der Waals surface area (Å²) >= 11 is 0. The van der Waals surface area contributed by atoms with E-state index in [1.807, 2.05) is 18.0 Å². The first-order chi connectivity index (χ1) is 14.4. The molecule has 4 rings (SSSR count). The number of sulfonamides is 1. The Bertz CT molecular complexity index is 1070. The van der Waals surface area contributed by atoms with Crippen LogP contribution in [0.25, 0.3) is 0 Å². The van der Waals surface area contributed by atoms with Gasteiger partial charge in [0.25, 0.3) is 10.0 Å². The molecule has 1 fully saturated rings. The Hall–Kier alpha value is -2.67. The second-order valence-corrected chi connectivity index (χ2v) is 9.58. The number of fused-ring (bicyclic) bond motifs is 1. The third-order valence-corrected chi connectivity index (χ3v) is 7.31. The zero-order valence-electron chi connectivity index (χ0n) is 17.4. The highest BCUT2D eigenvalue weighted by Crippen LogP contribution is 2.30. The van der Waals surface area contributed by atoms with Gasteiger partial charge in [-0.25, -0.2) is 0 Å². The van der Waals surface area contributed by atoms with E-state index in [9.17, 15) is 13.2 Å². The molecule has 0 spiro atoms. The molecule has 158 valence electrons. The molecule has 1 amide bonds. The molecule has 0 unspecified atom stereocenters. The lowest BCUT2D eigenvalue weighted by Crippen LogP contribution is -2.43. The molecule has 0 bridgehead atoms. The average molecular weight is 426 g/mol. The van der Waals surface area contributed by atoms with Gasteiger partial charge in [0, 0.05) is 38.2 Å². The summed E-state index contributed by atoms with van der Waals surface area (Å²) < 4.78 is 28.6. The number of piperidine rings is 1. The van der Waals surface area contributed by atoms with Gasteiger partial charge < -0.3 is 9.80 Å². The molecular weight excluding hydrogens is 398 g/mol. The van der Waals surface area contributed by atoms with Crippen molar-refractivity contribution in [3.8, 4) is 0 Å². The van der Waals surface area contributed by atoms with Gasteiger partial charge in [-0.1, -0.05) is 43.3 Å². The summed E-state index contributed by atoms with van der Waals surface area (Å²) in [6, 6.07) is 15.3. The summed E-state index contributed by atoms with van der Waals surface area (Å²) in [5.41, 5.74) is 3.08. The third kappa shape index (κ3) is 3.99. The molecule has 2 aromatic carbocycles. The van der Waals surface area contributed by atoms with Crippen LogP contribution in [0.2, 0.25) is 0 Å². The second kappa shape index (κ2) is 8.22. The lowest BCUT2D eigenvalue weighted by molar-refractivity contribution is -0.136. The molecule has 30 heavy (non-hydrogen) atoms. The maximum Gasteiger partial charge on any atom is 0.285 e. The van der Waals surface area contributed by atoms with E-state index in [1.54, 1.807) is 23.1 Å². The molecule has 0 N–H and O–H groups in total. The largest absolute Gasteiger partial charge is 0.355 e. The molecule has 0 atom stereocenters. The monoisotopic (exact) mass is 425 g/mol. The van der Waals surface area contributed by atoms with Crippen molar-refractivity contribution in [3.05, 3.63) is 65.2 Å². The van der Waals surface area contributed by atoms with Gasteiger partial charge in [0.05, 0.1) is 0 Å². The fraction of sp³-hybridized carbons (Fsp3) is 0.391. The zero-order valence-corrected chi connectivity index (χ0v) is 18.2. The Labute approximate surface area is 178 Å². The van der Waals surface area contributed by atoms with Gasteiger partial charge in [-0.3, -0.25) is 4.79 Å². The molecular formula is C23H27N3O3S. The predicted octanol–water partition coefficient (Wildman–Crippen LogP) is 3.07. The zero-order chi connectivity index (χ0) is 21.3. The standard InChI is InChI=1S/C23H27N3O3S/c1-3-17-8-10-18(11-9-17)16-25(2)23(27)19-12-14-26(15-13-19)22-20-6-4-5-7-21(20)30(28,29)24-22/h4-11,19H,3,12-16H2,1-2H3. The van der Waals surface area contributed by atoms with E-state index in [1.165, 1.54) is 5.56 Å². The molecule has 7 heteroatoms. The molecule has 0 aliphatic carbocycles. The van der Waals surface area contributed by atoms with Crippen molar-refractivity contribution >= 4 is 21.8 Å². The van der Waals surface area contributed by atoms with Crippen LogP contribution in [0.1, 0.15) is 36.5 Å². The summed E-state index contributed by atoms with van der Waals surface area (Å²) in [6.07, 6.45) is 2.39. The van der Waals surface area contributed by atoms with Crippen LogP contribution in [0.15, 0.2) is 57.8 Å². The van der Waals surface area contributed by atoms with Crippen molar-refractivity contribution in [1.29, 1.82) is 0 Å². The van der Waals surface area contributed by atoms with Gasteiger partial charge in [0.15, 0.2) is 5.84 Å². The predicted molar refractivity (Wildman–Crippen MR) is 117 cm³/mol. The van der Waals surface area contributed by atoms with Crippen molar-refractivity contribution < 1.29 is 13.2 Å². The number of hydrogen-bond acceptors (Lipinski definition) is 4. The Morgan fingerprint density at radius 3 is 2.37 bits per heavy atom. The number of amides is 1. The minimum Gasteiger partial charge on any atom is -0.355 e. The number of nitrogens with zero attached hydrogens (tertiary/aromatic N) is 3. The minimum atomic E-state index is -3.62. The fourth-order valence-corrected chi connectivity index (χ4v) is 5.43. The Morgan fingerprint density at radius 2 is 1.70 bits per heavy atom. The summed E-state index contributed by atoms with van der Waals surface area (Å²) in [7, 11) is -1.76. The fourth-order valence-electron chi connectivity index (χ4n) is 4.20. The number of carbonyl (C=O) groups is 1. The van der Waals surface area contributed by atoms with Crippen LogP contribution < -0.4 is 0 Å². The van der Waals surface area contributed by atoms with E-state index in [4.69, 9.17) is 0 Å². The van der Waals surface area contributed by atoms with Crippen LogP contribution in [0.5, 0.6) is 0 Å². The number of hydrogen-bond donors (Lipinski definition) is 0. The number of rotatable bonds is 4. The number of amidine groups is 1. The van der Waals surface area contributed by atoms with Crippen molar-refractivity contribution in [2.24, 2.45) is 10.3 Å². The lowest BCUT2D eigenvalue weighted by Gasteiger charge is -2.34. The molecule has 1 saturated heterocycles. The molecule has 6 nitrogen and oxygen atoms in total. The van der Waals surface area contributed by atoms with Crippen LogP contribution >= 0.6 is 0 Å². The third-order valence-electron chi connectivity index (χ3n) is 5.98. The smallest absolute Gasteiger partial charge is 0.285 e. The quantitative estimate of drug-likeness (QED) is 0.755. The SMILES string of the molecule is CCc1ccc(CN(C)C(=O)C2CCN(C3=NS(=O)(=O)c4ccccc43)CC2)cc1. The van der Waals surface area contributed by atoms with E-state index in [2.05, 4.69) is 35.6 Å². The van der Waals surface area contributed by atoms with Gasteiger partial charge in [0.2, 0.25) is 5.91 Å². The van der Waals surface area contributed by atoms with E-state index in [0.717, 1.165) is 12.0 Å². The van der Waals surface area contributed by atoms with Gasteiger partial charge in [-0.2, -0.15) is 8.42 Å². The summed E-state index contributed by atoms with van der Waals surface area (Å²) in [5, 5.41) is 0. The molecule has 2 aromatic rings. The van der Waals surface area contributed by atoms with Gasteiger partial charge in [0.1, 0.15) is 4.90 Å². The highest BCUT2D eigenvalue weighted by Gasteiger charge is 2.34. The van der Waals surface area contributed by atoms with Crippen molar-refractivity contribution in [2.45, 2.75) is 37.6 Å². The van der Waals surface area contributed by atoms with Crippen LogP contribution in [0, 0.1) is 5.92 Å². The van der Waals surface area contributed by atoms with E-state index in [0.29, 0.717) is 43.9 Å². The highest BCUT2D eigenvalue weighted by atomic mass is 32.2. The Balaban J connectivity index is 1.38. The van der Waals surface area contributed by atoms with Gasteiger partial charge >= 0.3 is 0 Å². The Morgan fingerprint density at radius 1 is 1.07 bits per heavy atom. The number of carbonyl (C=O) groups excluding carboxylic acids is 1. The van der Waals surface area contributed by atoms with Gasteiger partial charge in [-0.15, -0.1) is 4.40 Å². The molecule has 2 heterocycles. The second-order valence-electron chi connectivity index (χ2n) is 8.01. The molecule has 0 saturated carbocycles. The van der Waals surface area contributed by atoms with E-state index >= 15 is 0 Å². The maximum absolute atomic E-state index is 12.9. The minimum absolute atomic E-state index is 0.0463. The van der Waals surface area contributed by atoms with Crippen molar-refractivity contribution in [2.75, 3.05) is 20.1 Å². The maximum atomic E-state index is 12.9. The lowest BCUT2D eigenvalue weighted by atomic mass is 9.94. The van der Waals surface area contributed by atoms with Crippen LogP contribution in [-0.2, 0) is 27.8 Å². The first kappa shape index (κ1) is 20.6. The number of benzene rings is 2. The van der Waals surface area contributed by atoms with Crippen molar-refractivity contribution in [1.82, 2.24) is 9.80 Å². The summed E-state index contributed by atoms with van der Waals surface area (Å²) in [5.74, 6) is 0.617. The van der Waals surface area contributed by atoms with Crippen LogP contribution in [0.3, 0.4) is 0 Å². The van der Waals surface area contributed by atoms with Gasteiger partial charge in [-0.05, 0) is 42.5 Å². The topological polar surface area (TPSA) is 70.1 Å². The molecule has 0 aromatic heterocycles. The Kier molecular flexibility index (Phi) is 5.64. The van der Waals surface area contributed by atoms with E-state index in [-0.39, 0.29) is 16.7 Å². The normalized spacial score (nSPS) is 18.1. The average Bonchev–Trinajstić information content (AvgIpc) is 3.05. The molecule has 0 radical (unpaired) electrons. The number of aryl methyl sites for hydroxylation is 1. The van der Waals surface area contributed by atoms with Crippen LogP contribution in [0.4, 0.5) is 0 Å². The number of likely N-dealkylation sites (tertiary alicyclic amines) is 1. The van der Waals surface area contributed by atoms with Crippen LogP contribution in [-0.4, -0.2) is 50.1 Å². The summed E-state index contributed by atoms with van der Waals surface area (Å²) in [4.78, 5) is 17.0. The molecule has 2 aliphatic rings. The first-order valence-corrected chi connectivity index (χ1v) is 11.8. The highest BCUT2D eigenvalue weighted by molar-refractivity contribution is 7.90. The van der Waals surface area contributed by atoms with E-state index < -0.39 is 10.0 Å². The first-order valence-electron chi connectivity index (χ1n) is 10.4. The molecule has 2 aliphatic heterocycles. The van der Waals surface area contributed by atoms with Crippen molar-refractivity contribution in [3.63, 3.8) is 0 Å².